The molecule has 3 heteroatoms. The van der Waals surface area contributed by atoms with Gasteiger partial charge in [0.1, 0.15) is 0 Å². The quantitative estimate of drug-likeness (QED) is 0.301. The first-order valence-electron chi connectivity index (χ1n) is 1.61. The van der Waals surface area contributed by atoms with E-state index in [-0.39, 0.29) is 6.10 Å². The van der Waals surface area contributed by atoms with Crippen molar-refractivity contribution in [3.05, 3.63) is 0 Å². The van der Waals surface area contributed by atoms with Crippen LogP contribution >= 0.6 is 0 Å². The van der Waals surface area contributed by atoms with Gasteiger partial charge in [-0.05, 0) is 13.8 Å². The first-order chi connectivity index (χ1) is 2.73. The second-order valence-electron chi connectivity index (χ2n) is 1.09. The molecule has 0 rings (SSSR count). The number of hydrogen-bond acceptors (Lipinski definition) is 3. The molecular weight excluding hydrogens is 84.0 g/mol. The van der Waals surface area contributed by atoms with E-state index in [1.165, 1.54) is 0 Å². The van der Waals surface area contributed by atoms with Gasteiger partial charge in [0.2, 0.25) is 0 Å². The molecule has 40 valence electrons. The summed E-state index contributed by atoms with van der Waals surface area (Å²) in [5.74, 6) is 0. The molecule has 0 spiro atoms. The molecule has 6 heavy (non-hydrogen) atoms. The third-order valence-corrected chi connectivity index (χ3v) is 0. The van der Waals surface area contributed by atoms with Gasteiger partial charge in [0.25, 0.3) is 0 Å². The van der Waals surface area contributed by atoms with Gasteiger partial charge < -0.3 is 5.11 Å². The third-order valence-electron chi connectivity index (χ3n) is 0. The Labute approximate surface area is 36.8 Å². The molecule has 0 atom stereocenters. The summed E-state index contributed by atoms with van der Waals surface area (Å²) < 4.78 is 0. The van der Waals surface area contributed by atoms with Crippen LogP contribution in [0.5, 0.6) is 0 Å². The van der Waals surface area contributed by atoms with Gasteiger partial charge in [0.15, 0.2) is 0 Å². The van der Waals surface area contributed by atoms with Crippen LogP contribution in [0.2, 0.25) is 0 Å². The van der Waals surface area contributed by atoms with Crippen LogP contribution in [-0.2, 0) is 0 Å². The van der Waals surface area contributed by atoms with Crippen LogP contribution in [0.3, 0.4) is 0 Å². The van der Waals surface area contributed by atoms with Crippen LogP contribution < -0.4 is 0 Å². The first kappa shape index (κ1) is 9.30. The number of hydrogen-bond donors (Lipinski definition) is 3. The average molecular weight is 94.1 g/mol. The lowest BCUT2D eigenvalue weighted by atomic mass is 10.5. The average Bonchev–Trinajstić information content (AvgIpc) is 1.41. The second kappa shape index (κ2) is 8.86. The fourth-order valence-corrected chi connectivity index (χ4v) is 0. The van der Waals surface area contributed by atoms with E-state index in [0.29, 0.717) is 0 Å². The molecule has 0 aromatic heterocycles. The smallest absolute Gasteiger partial charge is 0.0483 e. The molecule has 0 fully saturated rings. The van der Waals surface area contributed by atoms with E-state index in [2.05, 4.69) is 0 Å². The molecule has 0 amide bonds. The summed E-state index contributed by atoms with van der Waals surface area (Å²) in [5.41, 5.74) is 0. The van der Waals surface area contributed by atoms with Crippen molar-refractivity contribution < 1.29 is 15.6 Å². The molecular formula is C3H10O3. The third kappa shape index (κ3) is 2230. The van der Waals surface area contributed by atoms with Crippen molar-refractivity contribution in [2.24, 2.45) is 0 Å². The molecule has 3 nitrogen and oxygen atoms in total. The molecule has 0 bridgehead atoms. The molecule has 0 aromatic carbocycles. The van der Waals surface area contributed by atoms with Crippen molar-refractivity contribution in [3.63, 3.8) is 0 Å². The number of aliphatic hydroxyl groups excluding tert-OH is 1. The normalized spacial score (nSPS) is 7.00. The standard InChI is InChI=1S/C3H8O.H2O2/c1-3(2)4;1-2/h3-4H,1-2H3;1-2H. The Morgan fingerprint density at radius 3 is 1.17 bits per heavy atom. The lowest BCUT2D eigenvalue weighted by Gasteiger charge is -1.80. The Hall–Kier alpha value is -0.120. The first-order valence-corrected chi connectivity index (χ1v) is 1.61. The van der Waals surface area contributed by atoms with Crippen molar-refractivity contribution in [2.45, 2.75) is 20.0 Å². The van der Waals surface area contributed by atoms with Crippen LogP contribution in [-0.4, -0.2) is 21.7 Å². The Morgan fingerprint density at radius 2 is 1.17 bits per heavy atom. The molecule has 0 aliphatic heterocycles. The molecule has 0 saturated carbocycles. The van der Waals surface area contributed by atoms with Gasteiger partial charge in [0.05, 0.1) is 0 Å². The van der Waals surface area contributed by atoms with Gasteiger partial charge in [-0.3, -0.25) is 10.5 Å². The summed E-state index contributed by atoms with van der Waals surface area (Å²) in [6, 6.07) is 0. The summed E-state index contributed by atoms with van der Waals surface area (Å²) in [6.07, 6.45) is -0.167. The minimum absolute atomic E-state index is 0.167. The van der Waals surface area contributed by atoms with E-state index >= 15 is 0 Å². The van der Waals surface area contributed by atoms with Crippen molar-refractivity contribution in [1.82, 2.24) is 0 Å². The molecule has 0 aliphatic rings. The Bertz CT molecular complexity index is 10.8. The van der Waals surface area contributed by atoms with Crippen molar-refractivity contribution >= 4 is 0 Å². The van der Waals surface area contributed by atoms with E-state index in [4.69, 9.17) is 15.6 Å². The maximum Gasteiger partial charge on any atom is 0.0483 e. The largest absolute Gasteiger partial charge is 0.394 e. The summed E-state index contributed by atoms with van der Waals surface area (Å²) >= 11 is 0. The van der Waals surface area contributed by atoms with Gasteiger partial charge in [-0.15, -0.1) is 0 Å². The van der Waals surface area contributed by atoms with Crippen LogP contribution in [0.25, 0.3) is 0 Å². The topological polar surface area (TPSA) is 60.7 Å². The maximum absolute atomic E-state index is 8.06. The molecule has 0 radical (unpaired) electrons. The predicted octanol–water partition coefficient (Wildman–Crippen LogP) is 0.405. The van der Waals surface area contributed by atoms with Crippen molar-refractivity contribution in [3.8, 4) is 0 Å². The highest BCUT2D eigenvalue weighted by Gasteiger charge is 1.69. The van der Waals surface area contributed by atoms with Crippen molar-refractivity contribution in [1.29, 1.82) is 0 Å². The summed E-state index contributed by atoms with van der Waals surface area (Å²) in [7, 11) is 0. The monoisotopic (exact) mass is 94.1 g/mol. The Morgan fingerprint density at radius 1 is 1.17 bits per heavy atom. The zero-order valence-electron chi connectivity index (χ0n) is 3.92. The van der Waals surface area contributed by atoms with Gasteiger partial charge in [-0.2, -0.15) is 0 Å². The van der Waals surface area contributed by atoms with Crippen LogP contribution in [0.4, 0.5) is 0 Å². The zero-order valence-corrected chi connectivity index (χ0v) is 3.92. The van der Waals surface area contributed by atoms with E-state index in [9.17, 15) is 0 Å². The lowest BCUT2D eigenvalue weighted by Crippen LogP contribution is -1.85. The van der Waals surface area contributed by atoms with Crippen molar-refractivity contribution in [2.75, 3.05) is 0 Å². The molecule has 3 N–H and O–H groups in total. The Kier molecular flexibility index (Phi) is 13.7. The summed E-state index contributed by atoms with van der Waals surface area (Å²) in [5, 5.41) is 20.1. The fraction of sp³-hybridized carbons (Fsp3) is 1.00. The van der Waals surface area contributed by atoms with Gasteiger partial charge in [-0.1, -0.05) is 0 Å². The van der Waals surface area contributed by atoms with E-state index < -0.39 is 0 Å². The Balaban J connectivity index is 0. The highest BCUT2D eigenvalue weighted by atomic mass is 17.0. The van der Waals surface area contributed by atoms with E-state index in [0.717, 1.165) is 0 Å². The van der Waals surface area contributed by atoms with E-state index in [1.807, 2.05) is 0 Å². The molecule has 0 aliphatic carbocycles. The number of rotatable bonds is 0. The molecule has 0 heterocycles. The summed E-state index contributed by atoms with van der Waals surface area (Å²) in [6.45, 7) is 3.44. The minimum Gasteiger partial charge on any atom is -0.394 e. The number of aliphatic hydroxyl groups is 1. The zero-order chi connectivity index (χ0) is 5.58. The van der Waals surface area contributed by atoms with Gasteiger partial charge in [0, 0.05) is 6.10 Å². The fourth-order valence-electron chi connectivity index (χ4n) is 0. The highest BCUT2D eigenvalue weighted by molar-refractivity contribution is 4.20. The molecule has 0 aromatic rings. The molecule has 0 saturated heterocycles. The second-order valence-corrected chi connectivity index (χ2v) is 1.09. The van der Waals surface area contributed by atoms with E-state index in [1.54, 1.807) is 13.8 Å². The van der Waals surface area contributed by atoms with Crippen LogP contribution in [0.15, 0.2) is 0 Å². The lowest BCUT2D eigenvalue weighted by molar-refractivity contribution is -0.176. The predicted molar refractivity (Wildman–Crippen MR) is 22.6 cm³/mol. The minimum atomic E-state index is -0.167. The van der Waals surface area contributed by atoms with Crippen LogP contribution in [0, 0.1) is 0 Å². The van der Waals surface area contributed by atoms with Gasteiger partial charge in [-0.25, -0.2) is 0 Å². The summed E-state index contributed by atoms with van der Waals surface area (Å²) in [4.78, 5) is 0. The molecule has 0 unspecified atom stereocenters. The maximum atomic E-state index is 8.06. The highest BCUT2D eigenvalue weighted by Crippen LogP contribution is 1.65. The van der Waals surface area contributed by atoms with Crippen LogP contribution in [0.1, 0.15) is 13.8 Å². The van der Waals surface area contributed by atoms with Gasteiger partial charge >= 0.3 is 0 Å². The SMILES string of the molecule is CC(C)O.OO.